The highest BCUT2D eigenvalue weighted by molar-refractivity contribution is 5.68. The molecule has 0 aromatic rings. The second-order valence-electron chi connectivity index (χ2n) is 4.28. The molecule has 1 fully saturated rings. The molecule has 1 heterocycles. The predicted molar refractivity (Wildman–Crippen MR) is 55.1 cm³/mol. The minimum absolute atomic E-state index is 0.0807. The van der Waals surface area contributed by atoms with E-state index in [4.69, 9.17) is 10.2 Å². The number of carbonyl (C=O) groups is 2. The molecule has 1 aliphatic rings. The van der Waals surface area contributed by atoms with E-state index in [1.807, 2.05) is 4.90 Å². The summed E-state index contributed by atoms with van der Waals surface area (Å²) in [5.41, 5.74) is -1.12. The Morgan fingerprint density at radius 1 is 1.12 bits per heavy atom. The van der Waals surface area contributed by atoms with E-state index in [0.717, 1.165) is 0 Å². The summed E-state index contributed by atoms with van der Waals surface area (Å²) in [7, 11) is 0. The molecule has 0 spiro atoms. The number of rotatable bonds is 5. The van der Waals surface area contributed by atoms with Crippen LogP contribution in [0.3, 0.4) is 0 Å². The molecule has 0 bridgehead atoms. The maximum absolute atomic E-state index is 10.5. The summed E-state index contributed by atoms with van der Waals surface area (Å²) >= 11 is 0. The lowest BCUT2D eigenvalue weighted by atomic mass is 9.88. The number of nitrogens with zero attached hydrogens (tertiary/aromatic N) is 1. The molecule has 0 aromatic heterocycles. The quantitative estimate of drug-likeness (QED) is 0.604. The third kappa shape index (κ3) is 4.16. The first kappa shape index (κ1) is 12.9. The van der Waals surface area contributed by atoms with Crippen molar-refractivity contribution in [2.24, 2.45) is 0 Å². The Labute approximate surface area is 93.5 Å². The predicted octanol–water partition coefficient (Wildman–Crippen LogP) is -0.237. The highest BCUT2D eigenvalue weighted by Crippen LogP contribution is 2.25. The van der Waals surface area contributed by atoms with E-state index in [9.17, 15) is 14.7 Å². The van der Waals surface area contributed by atoms with Crippen LogP contribution in [-0.2, 0) is 9.59 Å². The van der Waals surface area contributed by atoms with Gasteiger partial charge in [0.1, 0.15) is 0 Å². The number of likely N-dealkylation sites (tertiary alicyclic amines) is 1. The second kappa shape index (κ2) is 5.27. The van der Waals surface area contributed by atoms with Crippen LogP contribution in [0.1, 0.15) is 25.7 Å². The van der Waals surface area contributed by atoms with E-state index >= 15 is 0 Å². The number of carboxylic acid groups (broad SMARTS) is 2. The Balaban J connectivity index is 2.32. The molecular weight excluding hydrogens is 214 g/mol. The van der Waals surface area contributed by atoms with Gasteiger partial charge in [-0.2, -0.15) is 0 Å². The second-order valence-corrected chi connectivity index (χ2v) is 4.28. The van der Waals surface area contributed by atoms with E-state index in [0.29, 0.717) is 32.5 Å². The van der Waals surface area contributed by atoms with E-state index in [1.165, 1.54) is 0 Å². The molecular formula is C10H17NO5. The molecule has 0 saturated carbocycles. The van der Waals surface area contributed by atoms with E-state index in [-0.39, 0.29) is 12.8 Å². The molecule has 0 aliphatic carbocycles. The first-order chi connectivity index (χ1) is 7.41. The minimum atomic E-state index is -1.12. The van der Waals surface area contributed by atoms with Crippen LogP contribution in [0, 0.1) is 0 Å². The molecule has 1 saturated heterocycles. The molecule has 0 aromatic carbocycles. The maximum atomic E-state index is 10.5. The van der Waals surface area contributed by atoms with Crippen molar-refractivity contribution < 1.29 is 24.9 Å². The zero-order valence-electron chi connectivity index (χ0n) is 9.06. The normalized spacial score (nSPS) is 20.6. The lowest BCUT2D eigenvalue weighted by Crippen LogP contribution is -2.45. The fourth-order valence-corrected chi connectivity index (χ4v) is 1.90. The van der Waals surface area contributed by atoms with Gasteiger partial charge in [0.05, 0.1) is 18.4 Å². The molecule has 16 heavy (non-hydrogen) atoms. The molecule has 0 unspecified atom stereocenters. The Hall–Kier alpha value is -1.14. The largest absolute Gasteiger partial charge is 0.481 e. The van der Waals surface area contributed by atoms with E-state index in [2.05, 4.69) is 0 Å². The highest BCUT2D eigenvalue weighted by Gasteiger charge is 2.34. The Bertz CT molecular complexity index is 270. The van der Waals surface area contributed by atoms with Crippen LogP contribution in [0.5, 0.6) is 0 Å². The number of hydrogen-bond donors (Lipinski definition) is 3. The average molecular weight is 231 g/mol. The topological polar surface area (TPSA) is 98.1 Å². The van der Waals surface area contributed by atoms with Gasteiger partial charge >= 0.3 is 11.9 Å². The van der Waals surface area contributed by atoms with Crippen LogP contribution in [0.25, 0.3) is 0 Å². The van der Waals surface area contributed by atoms with Gasteiger partial charge in [0, 0.05) is 19.6 Å². The van der Waals surface area contributed by atoms with Crippen LogP contribution in [0.15, 0.2) is 0 Å². The molecule has 0 atom stereocenters. The Morgan fingerprint density at radius 2 is 1.69 bits per heavy atom. The van der Waals surface area contributed by atoms with E-state index < -0.39 is 17.5 Å². The van der Waals surface area contributed by atoms with Crippen molar-refractivity contribution in [2.45, 2.75) is 31.3 Å². The number of piperidine rings is 1. The lowest BCUT2D eigenvalue weighted by Gasteiger charge is -2.37. The zero-order chi connectivity index (χ0) is 12.2. The van der Waals surface area contributed by atoms with Crippen LogP contribution >= 0.6 is 0 Å². The first-order valence-electron chi connectivity index (χ1n) is 5.30. The zero-order valence-corrected chi connectivity index (χ0v) is 9.06. The maximum Gasteiger partial charge on any atom is 0.306 e. The van der Waals surface area contributed by atoms with Crippen molar-refractivity contribution in [1.82, 2.24) is 4.90 Å². The van der Waals surface area contributed by atoms with Crippen molar-refractivity contribution in [3.63, 3.8) is 0 Å². The van der Waals surface area contributed by atoms with Crippen molar-refractivity contribution in [2.75, 3.05) is 19.6 Å². The number of carboxylic acids is 2. The summed E-state index contributed by atoms with van der Waals surface area (Å²) in [6, 6.07) is 0. The van der Waals surface area contributed by atoms with Crippen molar-refractivity contribution >= 4 is 11.9 Å². The van der Waals surface area contributed by atoms with Crippen molar-refractivity contribution in [1.29, 1.82) is 0 Å². The van der Waals surface area contributed by atoms with Gasteiger partial charge in [-0.15, -0.1) is 0 Å². The summed E-state index contributed by atoms with van der Waals surface area (Å²) in [4.78, 5) is 22.8. The molecule has 1 aliphatic heterocycles. The number of hydrogen-bond acceptors (Lipinski definition) is 4. The van der Waals surface area contributed by atoms with Crippen molar-refractivity contribution in [3.05, 3.63) is 0 Å². The van der Waals surface area contributed by atoms with Crippen LogP contribution in [0.2, 0.25) is 0 Å². The average Bonchev–Trinajstić information content (AvgIpc) is 2.15. The SMILES string of the molecule is O=C(O)CCN1CCC(O)(CC(=O)O)CC1. The Morgan fingerprint density at radius 3 is 2.12 bits per heavy atom. The lowest BCUT2D eigenvalue weighted by molar-refractivity contribution is -0.144. The van der Waals surface area contributed by atoms with Gasteiger partial charge in [-0.3, -0.25) is 9.59 Å². The minimum Gasteiger partial charge on any atom is -0.481 e. The van der Waals surface area contributed by atoms with Crippen LogP contribution in [0.4, 0.5) is 0 Å². The smallest absolute Gasteiger partial charge is 0.306 e. The molecule has 1 rings (SSSR count). The number of aliphatic hydroxyl groups is 1. The molecule has 0 radical (unpaired) electrons. The fraction of sp³-hybridized carbons (Fsp3) is 0.800. The van der Waals surface area contributed by atoms with Crippen molar-refractivity contribution in [3.8, 4) is 0 Å². The van der Waals surface area contributed by atoms with Gasteiger partial charge in [0.2, 0.25) is 0 Å². The molecule has 92 valence electrons. The standard InChI is InChI=1S/C10H17NO5/c12-8(13)1-4-11-5-2-10(16,3-6-11)7-9(14)15/h16H,1-7H2,(H,12,13)(H,14,15). The van der Waals surface area contributed by atoms with Gasteiger partial charge in [-0.05, 0) is 12.8 Å². The fourth-order valence-electron chi connectivity index (χ4n) is 1.90. The summed E-state index contributed by atoms with van der Waals surface area (Å²) in [6.07, 6.45) is 0.620. The van der Waals surface area contributed by atoms with Gasteiger partial charge in [-0.1, -0.05) is 0 Å². The first-order valence-corrected chi connectivity index (χ1v) is 5.30. The molecule has 0 amide bonds. The summed E-state index contributed by atoms with van der Waals surface area (Å²) in [5, 5.41) is 27.0. The van der Waals surface area contributed by atoms with Gasteiger partial charge in [0.25, 0.3) is 0 Å². The summed E-state index contributed by atoms with van der Waals surface area (Å²) < 4.78 is 0. The van der Waals surface area contributed by atoms with Crippen LogP contribution < -0.4 is 0 Å². The van der Waals surface area contributed by atoms with E-state index in [1.54, 1.807) is 0 Å². The summed E-state index contributed by atoms with van der Waals surface area (Å²) in [6.45, 7) is 1.56. The van der Waals surface area contributed by atoms with Crippen LogP contribution in [-0.4, -0.2) is 57.4 Å². The highest BCUT2D eigenvalue weighted by atomic mass is 16.4. The van der Waals surface area contributed by atoms with Gasteiger partial charge < -0.3 is 20.2 Å². The third-order valence-corrected chi connectivity index (χ3v) is 2.91. The van der Waals surface area contributed by atoms with Gasteiger partial charge in [0.15, 0.2) is 0 Å². The molecule has 6 heteroatoms. The third-order valence-electron chi connectivity index (χ3n) is 2.91. The summed E-state index contributed by atoms with van der Waals surface area (Å²) in [5.74, 6) is -1.84. The molecule has 3 N–H and O–H groups in total. The van der Waals surface area contributed by atoms with Gasteiger partial charge in [-0.25, -0.2) is 0 Å². The Kier molecular flexibility index (Phi) is 4.26. The number of aliphatic carboxylic acids is 2. The monoisotopic (exact) mass is 231 g/mol. The molecule has 6 nitrogen and oxygen atoms in total.